The summed E-state index contributed by atoms with van der Waals surface area (Å²) in [4.78, 5) is -0.521. The summed E-state index contributed by atoms with van der Waals surface area (Å²) < 4.78 is 87.6. The molecule has 1 rings (SSSR count). The van der Waals surface area contributed by atoms with E-state index in [1.165, 1.54) is 0 Å². The van der Waals surface area contributed by atoms with E-state index in [1.54, 1.807) is 0 Å². The van der Waals surface area contributed by atoms with Gasteiger partial charge in [0.15, 0.2) is 0 Å². The van der Waals surface area contributed by atoms with Gasteiger partial charge in [-0.1, -0.05) is 12.2 Å². The number of hydrogen-bond donors (Lipinski definition) is 2. The van der Waals surface area contributed by atoms with Crippen molar-refractivity contribution in [2.45, 2.75) is 18.5 Å². The fourth-order valence-corrected chi connectivity index (χ4v) is 1.58. The molecule has 1 aromatic carbocycles. The Bertz CT molecular complexity index is 528. The monoisotopic (exact) mass is 334 g/mol. The Hall–Kier alpha value is -1.58. The Morgan fingerprint density at radius 1 is 1.19 bits per heavy atom. The van der Waals surface area contributed by atoms with Crippen molar-refractivity contribution in [1.82, 2.24) is 0 Å². The number of nitrogens with two attached hydrogens (primary N) is 1. The molecule has 0 unspecified atom stereocenters. The first-order chi connectivity index (χ1) is 9.45. The molecule has 0 heterocycles. The van der Waals surface area contributed by atoms with Gasteiger partial charge in [-0.25, -0.2) is 8.78 Å². The van der Waals surface area contributed by atoms with Gasteiger partial charge in [-0.3, -0.25) is 0 Å². The Morgan fingerprint density at radius 2 is 1.76 bits per heavy atom. The van der Waals surface area contributed by atoms with Crippen LogP contribution in [0, 0.1) is 0 Å². The van der Waals surface area contributed by atoms with Crippen molar-refractivity contribution in [3.8, 4) is 0 Å². The molecule has 0 saturated carbocycles. The highest BCUT2D eigenvalue weighted by Gasteiger charge is 2.40. The van der Waals surface area contributed by atoms with Crippen LogP contribution >= 0.6 is 12.2 Å². The summed E-state index contributed by atoms with van der Waals surface area (Å²) in [6, 6.07) is 2.36. The molecule has 0 aliphatic heterocycles. The van der Waals surface area contributed by atoms with Gasteiger partial charge in [-0.15, -0.1) is 0 Å². The van der Waals surface area contributed by atoms with Crippen molar-refractivity contribution >= 4 is 22.9 Å². The molecule has 3 N–H and O–H groups in total. The minimum absolute atomic E-state index is 0.400. The summed E-state index contributed by atoms with van der Waals surface area (Å²) in [5.41, 5.74) is 3.02. The van der Waals surface area contributed by atoms with Crippen LogP contribution in [0.15, 0.2) is 18.2 Å². The van der Waals surface area contributed by atoms with Gasteiger partial charge in [0, 0.05) is 11.3 Å². The average Bonchev–Trinajstić information content (AvgIpc) is 2.34. The number of anilines is 1. The number of rotatable bonds is 5. The molecule has 0 saturated heterocycles. The highest BCUT2D eigenvalue weighted by Crippen LogP contribution is 2.34. The molecule has 0 radical (unpaired) electrons. The molecular formula is C11H9F7N2S. The van der Waals surface area contributed by atoms with Crippen molar-refractivity contribution in [3.05, 3.63) is 29.3 Å². The molecule has 1 aromatic rings. The zero-order chi connectivity index (χ0) is 16.4. The normalized spacial score (nSPS) is 12.6. The maximum absolute atomic E-state index is 12.8. The largest absolute Gasteiger partial charge is 0.417 e. The Balaban J connectivity index is 3.04. The molecule has 10 heteroatoms. The van der Waals surface area contributed by atoms with Crippen molar-refractivity contribution in [2.75, 3.05) is 11.9 Å². The third-order valence-electron chi connectivity index (χ3n) is 2.44. The van der Waals surface area contributed by atoms with Crippen LogP contribution in [0.1, 0.15) is 11.1 Å². The first kappa shape index (κ1) is 17.5. The number of alkyl halides is 7. The van der Waals surface area contributed by atoms with Crippen LogP contribution < -0.4 is 11.1 Å². The van der Waals surface area contributed by atoms with Gasteiger partial charge in [0.25, 0.3) is 0 Å². The molecule has 0 atom stereocenters. The van der Waals surface area contributed by atoms with Gasteiger partial charge in [0.05, 0.1) is 12.1 Å². The third-order valence-corrected chi connectivity index (χ3v) is 2.66. The molecule has 0 bridgehead atoms. The summed E-state index contributed by atoms with van der Waals surface area (Å²) >= 11 is 4.46. The molecule has 21 heavy (non-hydrogen) atoms. The summed E-state index contributed by atoms with van der Waals surface area (Å²) in [5.74, 6) is -4.36. The Labute approximate surface area is 120 Å². The SMILES string of the molecule is NC(=S)c1ccc(NCC(F)(F)C(F)F)cc1C(F)(F)F. The van der Waals surface area contributed by atoms with Crippen molar-refractivity contribution in [1.29, 1.82) is 0 Å². The van der Waals surface area contributed by atoms with Gasteiger partial charge in [-0.2, -0.15) is 22.0 Å². The van der Waals surface area contributed by atoms with E-state index in [-0.39, 0.29) is 0 Å². The lowest BCUT2D eigenvalue weighted by Crippen LogP contribution is -2.34. The Morgan fingerprint density at radius 3 is 2.19 bits per heavy atom. The molecule has 0 aliphatic carbocycles. The average molecular weight is 334 g/mol. The molecular weight excluding hydrogens is 325 g/mol. The van der Waals surface area contributed by atoms with E-state index in [0.29, 0.717) is 6.07 Å². The first-order valence-corrected chi connectivity index (χ1v) is 5.77. The van der Waals surface area contributed by atoms with Crippen LogP contribution in [-0.2, 0) is 6.18 Å². The zero-order valence-electron chi connectivity index (χ0n) is 10.1. The minimum atomic E-state index is -4.82. The highest BCUT2D eigenvalue weighted by molar-refractivity contribution is 7.80. The lowest BCUT2D eigenvalue weighted by Gasteiger charge is -2.18. The highest BCUT2D eigenvalue weighted by atomic mass is 32.1. The molecule has 2 nitrogen and oxygen atoms in total. The van der Waals surface area contributed by atoms with E-state index in [2.05, 4.69) is 12.2 Å². The quantitative estimate of drug-likeness (QED) is 0.638. The van der Waals surface area contributed by atoms with Crippen LogP contribution in [0.5, 0.6) is 0 Å². The van der Waals surface area contributed by atoms with Crippen LogP contribution in [0.25, 0.3) is 0 Å². The minimum Gasteiger partial charge on any atom is -0.389 e. The zero-order valence-corrected chi connectivity index (χ0v) is 11.0. The van der Waals surface area contributed by atoms with Crippen LogP contribution in [0.3, 0.4) is 0 Å². The molecule has 0 spiro atoms. The van der Waals surface area contributed by atoms with E-state index in [9.17, 15) is 30.7 Å². The van der Waals surface area contributed by atoms with Gasteiger partial charge in [0.2, 0.25) is 0 Å². The fourth-order valence-electron chi connectivity index (χ4n) is 1.40. The van der Waals surface area contributed by atoms with Crippen molar-refractivity contribution < 1.29 is 30.7 Å². The smallest absolute Gasteiger partial charge is 0.389 e. The van der Waals surface area contributed by atoms with Gasteiger partial charge >= 0.3 is 18.5 Å². The maximum atomic E-state index is 12.8. The third kappa shape index (κ3) is 4.45. The van der Waals surface area contributed by atoms with E-state index < -0.39 is 46.9 Å². The fraction of sp³-hybridized carbons (Fsp3) is 0.364. The second kappa shape index (κ2) is 6.04. The number of nitrogens with one attached hydrogen (secondary N) is 1. The molecule has 0 aliphatic rings. The first-order valence-electron chi connectivity index (χ1n) is 5.36. The number of benzene rings is 1. The second-order valence-corrected chi connectivity index (χ2v) is 4.48. The maximum Gasteiger partial charge on any atom is 0.417 e. The van der Waals surface area contributed by atoms with Crippen LogP contribution in [-0.4, -0.2) is 23.9 Å². The summed E-state index contributed by atoms with van der Waals surface area (Å²) in [7, 11) is 0. The van der Waals surface area contributed by atoms with Crippen LogP contribution in [0.4, 0.5) is 36.4 Å². The number of hydrogen-bond acceptors (Lipinski definition) is 2. The van der Waals surface area contributed by atoms with E-state index in [1.807, 2.05) is 5.32 Å². The van der Waals surface area contributed by atoms with E-state index >= 15 is 0 Å². The van der Waals surface area contributed by atoms with Crippen molar-refractivity contribution in [3.63, 3.8) is 0 Å². The second-order valence-electron chi connectivity index (χ2n) is 4.04. The Kier molecular flexibility index (Phi) is 5.03. The van der Waals surface area contributed by atoms with Gasteiger partial charge in [-0.05, 0) is 18.2 Å². The summed E-state index contributed by atoms with van der Waals surface area (Å²) in [6.07, 6.45) is -8.75. The van der Waals surface area contributed by atoms with E-state index in [0.717, 1.165) is 12.1 Å². The van der Waals surface area contributed by atoms with Crippen LogP contribution in [0.2, 0.25) is 0 Å². The number of halogens is 7. The topological polar surface area (TPSA) is 38.0 Å². The summed E-state index contributed by atoms with van der Waals surface area (Å²) in [6.45, 7) is -1.51. The van der Waals surface area contributed by atoms with Crippen molar-refractivity contribution in [2.24, 2.45) is 5.73 Å². The predicted octanol–water partition coefficient (Wildman–Crippen LogP) is 3.65. The van der Waals surface area contributed by atoms with Gasteiger partial charge < -0.3 is 11.1 Å². The summed E-state index contributed by atoms with van der Waals surface area (Å²) in [5, 5.41) is 1.83. The molecule has 0 aromatic heterocycles. The lowest BCUT2D eigenvalue weighted by molar-refractivity contribution is -0.137. The van der Waals surface area contributed by atoms with Gasteiger partial charge in [0.1, 0.15) is 4.99 Å². The molecule has 0 amide bonds. The standard InChI is InChI=1S/C11H9F7N2S/c12-9(13)10(14,15)4-20-5-1-2-6(8(19)21)7(3-5)11(16,17)18/h1-3,9,20H,4H2,(H2,19,21). The predicted molar refractivity (Wildman–Crippen MR) is 66.8 cm³/mol. The molecule has 0 fully saturated rings. The lowest BCUT2D eigenvalue weighted by atomic mass is 10.1. The number of thiocarbonyl (C=S) groups is 1. The van der Waals surface area contributed by atoms with E-state index in [4.69, 9.17) is 5.73 Å². The molecule has 118 valence electrons.